The van der Waals surface area contributed by atoms with Gasteiger partial charge in [0.25, 0.3) is 0 Å². The molecule has 1 heterocycles. The molecule has 1 aliphatic rings. The smallest absolute Gasteiger partial charge is 0.223 e. The van der Waals surface area contributed by atoms with Gasteiger partial charge in [0.2, 0.25) is 5.91 Å². The Morgan fingerprint density at radius 1 is 1.45 bits per heavy atom. The molecule has 1 unspecified atom stereocenters. The fourth-order valence-corrected chi connectivity index (χ4v) is 3.00. The van der Waals surface area contributed by atoms with Crippen molar-refractivity contribution in [3.05, 3.63) is 29.8 Å². The lowest BCUT2D eigenvalue weighted by atomic mass is 10.1. The highest BCUT2D eigenvalue weighted by Crippen LogP contribution is 2.23. The van der Waals surface area contributed by atoms with E-state index in [2.05, 4.69) is 0 Å². The molecule has 0 aromatic heterocycles. The molecule has 1 N–H and O–H groups in total. The van der Waals surface area contributed by atoms with Crippen LogP contribution < -0.4 is 0 Å². The van der Waals surface area contributed by atoms with Crippen LogP contribution in [0.5, 0.6) is 0 Å². The van der Waals surface area contributed by atoms with Gasteiger partial charge in [-0.05, 0) is 31.5 Å². The molecule has 2 rings (SSSR count). The van der Waals surface area contributed by atoms with Crippen molar-refractivity contribution in [2.45, 2.75) is 30.3 Å². The minimum atomic E-state index is -0.878. The van der Waals surface area contributed by atoms with E-state index in [9.17, 15) is 18.7 Å². The summed E-state index contributed by atoms with van der Waals surface area (Å²) in [5, 5.41) is 9.80. The highest BCUT2D eigenvalue weighted by atomic mass is 32.2. The zero-order valence-electron chi connectivity index (χ0n) is 11.2. The first-order chi connectivity index (χ1) is 9.37. The van der Waals surface area contributed by atoms with Crippen molar-refractivity contribution in [3.8, 4) is 0 Å². The van der Waals surface area contributed by atoms with Crippen molar-refractivity contribution in [2.75, 3.05) is 18.8 Å². The number of hydrogen-bond donors (Lipinski definition) is 1. The van der Waals surface area contributed by atoms with Crippen LogP contribution in [0.2, 0.25) is 0 Å². The maximum Gasteiger partial charge on any atom is 0.223 e. The molecule has 1 aromatic carbocycles. The molecule has 1 saturated heterocycles. The highest BCUT2D eigenvalue weighted by molar-refractivity contribution is 7.99. The zero-order chi connectivity index (χ0) is 14.8. The Morgan fingerprint density at radius 2 is 2.20 bits per heavy atom. The van der Waals surface area contributed by atoms with E-state index in [-0.39, 0.29) is 5.91 Å². The topological polar surface area (TPSA) is 40.5 Å². The summed E-state index contributed by atoms with van der Waals surface area (Å²) in [7, 11) is 0. The molecule has 20 heavy (non-hydrogen) atoms. The lowest BCUT2D eigenvalue weighted by Crippen LogP contribution is -2.34. The molecule has 0 radical (unpaired) electrons. The molecule has 1 amide bonds. The minimum absolute atomic E-state index is 0.0159. The van der Waals surface area contributed by atoms with Gasteiger partial charge in [0.05, 0.1) is 5.60 Å². The minimum Gasteiger partial charge on any atom is -0.388 e. The number of hydrogen-bond acceptors (Lipinski definition) is 3. The van der Waals surface area contributed by atoms with Gasteiger partial charge in [-0.25, -0.2) is 8.78 Å². The fraction of sp³-hybridized carbons (Fsp3) is 0.500. The number of thioether (sulfide) groups is 1. The third-order valence-electron chi connectivity index (χ3n) is 3.28. The predicted molar refractivity (Wildman–Crippen MR) is 73.5 cm³/mol. The quantitative estimate of drug-likeness (QED) is 0.868. The Labute approximate surface area is 121 Å². The summed E-state index contributed by atoms with van der Waals surface area (Å²) < 4.78 is 25.8. The highest BCUT2D eigenvalue weighted by Gasteiger charge is 2.33. The van der Waals surface area contributed by atoms with Crippen LogP contribution in [-0.2, 0) is 4.79 Å². The van der Waals surface area contributed by atoms with E-state index in [1.54, 1.807) is 11.8 Å². The number of nitrogens with zero attached hydrogens (tertiary/aromatic N) is 1. The monoisotopic (exact) mass is 301 g/mol. The molecular formula is C14H17F2NO2S. The normalized spacial score (nSPS) is 22.3. The van der Waals surface area contributed by atoms with Crippen molar-refractivity contribution in [3.63, 3.8) is 0 Å². The first-order valence-corrected chi connectivity index (χ1v) is 7.44. The standard InChI is InChI=1S/C14H17F2NO2S/c1-14(19)5-6-17(9-14)13(18)4-7-20-10-2-3-11(15)12(16)8-10/h2-3,8,19H,4-7,9H2,1H3. The van der Waals surface area contributed by atoms with Crippen LogP contribution >= 0.6 is 11.8 Å². The Kier molecular flexibility index (Phi) is 4.65. The molecule has 1 aliphatic heterocycles. The molecule has 0 aliphatic carbocycles. The first-order valence-electron chi connectivity index (χ1n) is 6.45. The maximum absolute atomic E-state index is 13.0. The Balaban J connectivity index is 1.78. The number of benzene rings is 1. The summed E-state index contributed by atoms with van der Waals surface area (Å²) in [6.07, 6.45) is 0.912. The maximum atomic E-state index is 13.0. The van der Waals surface area contributed by atoms with Gasteiger partial charge in [-0.15, -0.1) is 11.8 Å². The third-order valence-corrected chi connectivity index (χ3v) is 4.28. The lowest BCUT2D eigenvalue weighted by molar-refractivity contribution is -0.130. The van der Waals surface area contributed by atoms with E-state index in [1.807, 2.05) is 0 Å². The van der Waals surface area contributed by atoms with Gasteiger partial charge in [-0.3, -0.25) is 4.79 Å². The molecule has 3 nitrogen and oxygen atoms in total. The molecule has 6 heteroatoms. The molecular weight excluding hydrogens is 284 g/mol. The van der Waals surface area contributed by atoms with Gasteiger partial charge >= 0.3 is 0 Å². The van der Waals surface area contributed by atoms with Crippen molar-refractivity contribution in [1.29, 1.82) is 0 Å². The van der Waals surface area contributed by atoms with Crippen molar-refractivity contribution in [2.24, 2.45) is 0 Å². The zero-order valence-corrected chi connectivity index (χ0v) is 12.1. The number of halogens is 2. The SMILES string of the molecule is CC1(O)CCN(C(=O)CCSc2ccc(F)c(F)c2)C1. The van der Waals surface area contributed by atoms with E-state index >= 15 is 0 Å². The van der Waals surface area contributed by atoms with Crippen LogP contribution in [0.3, 0.4) is 0 Å². The van der Waals surface area contributed by atoms with Gasteiger partial charge < -0.3 is 10.0 Å². The van der Waals surface area contributed by atoms with Gasteiger partial charge in [0.1, 0.15) is 0 Å². The van der Waals surface area contributed by atoms with E-state index in [1.165, 1.54) is 17.8 Å². The summed E-state index contributed by atoms with van der Waals surface area (Å²) in [6, 6.07) is 3.70. The summed E-state index contributed by atoms with van der Waals surface area (Å²) in [5.74, 6) is -1.26. The fourth-order valence-electron chi connectivity index (χ4n) is 2.14. The average molecular weight is 301 g/mol. The van der Waals surface area contributed by atoms with Crippen molar-refractivity contribution in [1.82, 2.24) is 4.90 Å². The largest absolute Gasteiger partial charge is 0.388 e. The van der Waals surface area contributed by atoms with Crippen LogP contribution in [0.4, 0.5) is 8.78 Å². The summed E-state index contributed by atoms with van der Waals surface area (Å²) in [4.78, 5) is 14.2. The van der Waals surface area contributed by atoms with Gasteiger partial charge in [0, 0.05) is 30.2 Å². The van der Waals surface area contributed by atoms with Gasteiger partial charge in [0.15, 0.2) is 11.6 Å². The number of rotatable bonds is 4. The second kappa shape index (κ2) is 6.10. The van der Waals surface area contributed by atoms with Gasteiger partial charge in [-0.1, -0.05) is 0 Å². The van der Waals surface area contributed by atoms with Gasteiger partial charge in [-0.2, -0.15) is 0 Å². The van der Waals surface area contributed by atoms with E-state index in [0.717, 1.165) is 12.1 Å². The van der Waals surface area contributed by atoms with Crippen LogP contribution in [0.25, 0.3) is 0 Å². The third kappa shape index (κ3) is 3.93. The number of likely N-dealkylation sites (tertiary alicyclic amines) is 1. The Hall–Kier alpha value is -1.14. The van der Waals surface area contributed by atoms with Crippen LogP contribution in [0.1, 0.15) is 19.8 Å². The van der Waals surface area contributed by atoms with E-state index in [0.29, 0.717) is 36.6 Å². The predicted octanol–water partition coefficient (Wildman–Crippen LogP) is 2.43. The first kappa shape index (κ1) is 15.3. The number of β-amino-alcohol motifs (C(OH)–C–C–N with tert-alkyl or cyclic N) is 1. The molecule has 110 valence electrons. The number of carbonyl (C=O) groups excluding carboxylic acids is 1. The second-order valence-corrected chi connectivity index (χ2v) is 6.40. The lowest BCUT2D eigenvalue weighted by Gasteiger charge is -2.18. The van der Waals surface area contributed by atoms with Crippen molar-refractivity contribution >= 4 is 17.7 Å². The van der Waals surface area contributed by atoms with Crippen LogP contribution in [0, 0.1) is 11.6 Å². The summed E-state index contributed by atoms with van der Waals surface area (Å²) in [5.41, 5.74) is -0.789. The molecule has 0 spiro atoms. The van der Waals surface area contributed by atoms with E-state index in [4.69, 9.17) is 0 Å². The summed E-state index contributed by atoms with van der Waals surface area (Å²) >= 11 is 1.31. The van der Waals surface area contributed by atoms with Crippen LogP contribution in [0.15, 0.2) is 23.1 Å². The van der Waals surface area contributed by atoms with Crippen molar-refractivity contribution < 1.29 is 18.7 Å². The molecule has 1 aromatic rings. The summed E-state index contributed by atoms with van der Waals surface area (Å²) in [6.45, 7) is 2.65. The molecule has 1 fully saturated rings. The second-order valence-electron chi connectivity index (χ2n) is 5.24. The Morgan fingerprint density at radius 3 is 2.80 bits per heavy atom. The van der Waals surface area contributed by atoms with E-state index < -0.39 is 17.2 Å². The Bertz CT molecular complexity index is 508. The number of aliphatic hydroxyl groups is 1. The molecule has 0 saturated carbocycles. The average Bonchev–Trinajstić information content (AvgIpc) is 2.74. The molecule has 0 bridgehead atoms. The molecule has 1 atom stereocenters. The van der Waals surface area contributed by atoms with Crippen LogP contribution in [-0.4, -0.2) is 40.4 Å². The number of amides is 1. The number of carbonyl (C=O) groups is 1.